The van der Waals surface area contributed by atoms with Gasteiger partial charge in [-0.3, -0.25) is 4.79 Å². The molecule has 19 heavy (non-hydrogen) atoms. The Morgan fingerprint density at radius 3 is 2.63 bits per heavy atom. The Balaban J connectivity index is 1.96. The summed E-state index contributed by atoms with van der Waals surface area (Å²) in [6, 6.07) is 7.37. The van der Waals surface area contributed by atoms with Crippen LogP contribution in [0.15, 0.2) is 24.3 Å². The number of carbonyl (C=O) groups excluding carboxylic acids is 1. The molecule has 0 aliphatic carbocycles. The molecule has 1 amide bonds. The second kappa shape index (κ2) is 5.61. The highest BCUT2D eigenvalue weighted by atomic mass is 16.5. The van der Waals surface area contributed by atoms with Crippen molar-refractivity contribution in [1.82, 2.24) is 0 Å². The molecule has 1 heterocycles. The van der Waals surface area contributed by atoms with Crippen LogP contribution in [0, 0.1) is 5.92 Å². The average molecular weight is 263 g/mol. The smallest absolute Gasteiger partial charge is 0.227 e. The Hall–Kier alpha value is -1.55. The highest BCUT2D eigenvalue weighted by molar-refractivity contribution is 5.92. The number of nitrogens with one attached hydrogen (secondary N) is 1. The number of benzene rings is 1. The number of rotatable bonds is 3. The standard InChI is InChI=1S/C15H21NO3/c1-15(2)10-11(8-9-19-15)14(17)16-12-4-6-13(18-3)7-5-12/h4-7,11H,8-10H2,1-3H3,(H,16,17)/t11-/m0/s1. The van der Waals surface area contributed by atoms with Gasteiger partial charge >= 0.3 is 0 Å². The van der Waals surface area contributed by atoms with Gasteiger partial charge in [0.2, 0.25) is 5.91 Å². The fraction of sp³-hybridized carbons (Fsp3) is 0.533. The van der Waals surface area contributed by atoms with Gasteiger partial charge in [0.25, 0.3) is 0 Å². The predicted octanol–water partition coefficient (Wildman–Crippen LogP) is 2.84. The first kappa shape index (κ1) is 13.9. The normalized spacial score (nSPS) is 21.7. The topological polar surface area (TPSA) is 47.6 Å². The average Bonchev–Trinajstić information content (AvgIpc) is 2.38. The van der Waals surface area contributed by atoms with E-state index < -0.39 is 0 Å². The van der Waals surface area contributed by atoms with Crippen molar-refractivity contribution in [3.05, 3.63) is 24.3 Å². The molecule has 1 atom stereocenters. The molecule has 0 radical (unpaired) electrons. The third-order valence-electron chi connectivity index (χ3n) is 3.43. The second-order valence-corrected chi connectivity index (χ2v) is 5.52. The largest absolute Gasteiger partial charge is 0.497 e. The van der Waals surface area contributed by atoms with Crippen molar-refractivity contribution in [3.63, 3.8) is 0 Å². The van der Waals surface area contributed by atoms with E-state index in [0.717, 1.165) is 24.3 Å². The van der Waals surface area contributed by atoms with Crippen LogP contribution >= 0.6 is 0 Å². The molecular weight excluding hydrogens is 242 g/mol. The van der Waals surface area contributed by atoms with Gasteiger partial charge in [-0.1, -0.05) is 0 Å². The van der Waals surface area contributed by atoms with Crippen LogP contribution in [-0.2, 0) is 9.53 Å². The second-order valence-electron chi connectivity index (χ2n) is 5.52. The first-order valence-corrected chi connectivity index (χ1v) is 6.59. The highest BCUT2D eigenvalue weighted by Gasteiger charge is 2.32. The molecule has 0 aromatic heterocycles. The molecule has 1 aromatic carbocycles. The minimum absolute atomic E-state index is 0.0193. The molecule has 1 N–H and O–H groups in total. The molecule has 0 saturated carbocycles. The van der Waals surface area contributed by atoms with Crippen molar-refractivity contribution in [1.29, 1.82) is 0 Å². The summed E-state index contributed by atoms with van der Waals surface area (Å²) in [6.07, 6.45) is 1.54. The van der Waals surface area contributed by atoms with Gasteiger partial charge in [-0.05, 0) is 51.0 Å². The fourth-order valence-electron chi connectivity index (χ4n) is 2.37. The number of methoxy groups -OCH3 is 1. The summed E-state index contributed by atoms with van der Waals surface area (Å²) in [5, 5.41) is 2.95. The van der Waals surface area contributed by atoms with Gasteiger partial charge in [0.05, 0.1) is 12.7 Å². The van der Waals surface area contributed by atoms with E-state index in [1.165, 1.54) is 0 Å². The monoisotopic (exact) mass is 263 g/mol. The minimum Gasteiger partial charge on any atom is -0.497 e. The van der Waals surface area contributed by atoms with Gasteiger partial charge in [-0.2, -0.15) is 0 Å². The van der Waals surface area contributed by atoms with Gasteiger partial charge in [-0.15, -0.1) is 0 Å². The third-order valence-corrected chi connectivity index (χ3v) is 3.43. The summed E-state index contributed by atoms with van der Waals surface area (Å²) in [5.74, 6) is 0.873. The lowest BCUT2D eigenvalue weighted by Gasteiger charge is -2.34. The van der Waals surface area contributed by atoms with Crippen molar-refractivity contribution in [3.8, 4) is 5.75 Å². The van der Waals surface area contributed by atoms with E-state index >= 15 is 0 Å². The lowest BCUT2D eigenvalue weighted by molar-refractivity contribution is -0.130. The number of carbonyl (C=O) groups is 1. The zero-order valence-corrected chi connectivity index (χ0v) is 11.7. The fourth-order valence-corrected chi connectivity index (χ4v) is 2.37. The molecule has 0 bridgehead atoms. The van der Waals surface area contributed by atoms with Gasteiger partial charge in [0.15, 0.2) is 0 Å². The highest BCUT2D eigenvalue weighted by Crippen LogP contribution is 2.29. The molecule has 104 valence electrons. The van der Waals surface area contributed by atoms with E-state index in [0.29, 0.717) is 6.61 Å². The summed E-state index contributed by atoms with van der Waals surface area (Å²) in [5.41, 5.74) is 0.593. The van der Waals surface area contributed by atoms with Gasteiger partial charge in [0.1, 0.15) is 5.75 Å². The number of hydrogen-bond donors (Lipinski definition) is 1. The quantitative estimate of drug-likeness (QED) is 0.912. The molecule has 1 aliphatic rings. The van der Waals surface area contributed by atoms with E-state index in [1.54, 1.807) is 7.11 Å². The van der Waals surface area contributed by atoms with E-state index in [2.05, 4.69) is 5.32 Å². The number of hydrogen-bond acceptors (Lipinski definition) is 3. The molecule has 1 fully saturated rings. The zero-order chi connectivity index (χ0) is 13.9. The van der Waals surface area contributed by atoms with Crippen LogP contribution in [0.4, 0.5) is 5.69 Å². The van der Waals surface area contributed by atoms with Crippen LogP contribution in [0.3, 0.4) is 0 Å². The lowest BCUT2D eigenvalue weighted by Crippen LogP contribution is -2.39. The summed E-state index contributed by atoms with van der Waals surface area (Å²) < 4.78 is 10.7. The lowest BCUT2D eigenvalue weighted by atomic mass is 9.88. The Morgan fingerprint density at radius 1 is 1.37 bits per heavy atom. The number of amides is 1. The van der Waals surface area contributed by atoms with E-state index in [1.807, 2.05) is 38.1 Å². The SMILES string of the molecule is COc1ccc(NC(=O)[C@H]2CCOC(C)(C)C2)cc1. The maximum atomic E-state index is 12.2. The molecular formula is C15H21NO3. The summed E-state index contributed by atoms with van der Waals surface area (Å²) >= 11 is 0. The zero-order valence-electron chi connectivity index (χ0n) is 11.7. The van der Waals surface area contributed by atoms with Crippen molar-refractivity contribution in [2.75, 3.05) is 19.0 Å². The maximum absolute atomic E-state index is 12.2. The van der Waals surface area contributed by atoms with Crippen LogP contribution in [-0.4, -0.2) is 25.2 Å². The first-order valence-electron chi connectivity index (χ1n) is 6.59. The molecule has 0 spiro atoms. The summed E-state index contributed by atoms with van der Waals surface area (Å²) in [4.78, 5) is 12.2. The van der Waals surface area contributed by atoms with Crippen LogP contribution in [0.5, 0.6) is 5.75 Å². The van der Waals surface area contributed by atoms with Crippen LogP contribution in [0.2, 0.25) is 0 Å². The van der Waals surface area contributed by atoms with Crippen LogP contribution in [0.1, 0.15) is 26.7 Å². The first-order chi connectivity index (χ1) is 9.00. The Morgan fingerprint density at radius 2 is 2.05 bits per heavy atom. The predicted molar refractivity (Wildman–Crippen MR) is 74.4 cm³/mol. The van der Waals surface area contributed by atoms with Crippen molar-refractivity contribution < 1.29 is 14.3 Å². The van der Waals surface area contributed by atoms with Crippen molar-refractivity contribution >= 4 is 11.6 Å². The molecule has 1 saturated heterocycles. The molecule has 1 aromatic rings. The van der Waals surface area contributed by atoms with Gasteiger partial charge in [-0.25, -0.2) is 0 Å². The molecule has 2 rings (SSSR count). The van der Waals surface area contributed by atoms with E-state index in [-0.39, 0.29) is 17.4 Å². The van der Waals surface area contributed by atoms with Crippen LogP contribution in [0.25, 0.3) is 0 Å². The van der Waals surface area contributed by atoms with E-state index in [4.69, 9.17) is 9.47 Å². The van der Waals surface area contributed by atoms with Crippen LogP contribution < -0.4 is 10.1 Å². The molecule has 4 heteroatoms. The summed E-state index contributed by atoms with van der Waals surface area (Å²) in [6.45, 7) is 4.70. The molecule has 0 unspecified atom stereocenters. The summed E-state index contributed by atoms with van der Waals surface area (Å²) in [7, 11) is 1.62. The maximum Gasteiger partial charge on any atom is 0.227 e. The Kier molecular flexibility index (Phi) is 4.10. The molecule has 1 aliphatic heterocycles. The Bertz CT molecular complexity index is 439. The van der Waals surface area contributed by atoms with Gasteiger partial charge in [0, 0.05) is 18.2 Å². The van der Waals surface area contributed by atoms with Gasteiger partial charge < -0.3 is 14.8 Å². The van der Waals surface area contributed by atoms with Crippen molar-refractivity contribution in [2.45, 2.75) is 32.3 Å². The number of anilines is 1. The third kappa shape index (κ3) is 3.70. The Labute approximate surface area is 114 Å². The minimum atomic E-state index is -0.208. The van der Waals surface area contributed by atoms with Crippen molar-refractivity contribution in [2.24, 2.45) is 5.92 Å². The molecule has 4 nitrogen and oxygen atoms in total. The number of ether oxygens (including phenoxy) is 2. The van der Waals surface area contributed by atoms with E-state index in [9.17, 15) is 4.79 Å².